The van der Waals surface area contributed by atoms with Crippen LogP contribution in [0.4, 0.5) is 0 Å². The number of alkyl halides is 1. The fourth-order valence-corrected chi connectivity index (χ4v) is 1.94. The van der Waals surface area contributed by atoms with Gasteiger partial charge in [-0.2, -0.15) is 5.10 Å². The van der Waals surface area contributed by atoms with Gasteiger partial charge in [0.2, 0.25) is 0 Å². The molecule has 0 unspecified atom stereocenters. The van der Waals surface area contributed by atoms with Gasteiger partial charge in [0.15, 0.2) is 0 Å². The van der Waals surface area contributed by atoms with E-state index >= 15 is 0 Å². The first kappa shape index (κ1) is 9.99. The molecule has 2 rings (SSSR count). The normalized spacial score (nSPS) is 18.4. The molecule has 1 fully saturated rings. The van der Waals surface area contributed by atoms with Crippen LogP contribution in [0.1, 0.15) is 18.4 Å². The van der Waals surface area contributed by atoms with Crippen LogP contribution in [-0.4, -0.2) is 27.7 Å². The third-order valence-corrected chi connectivity index (χ3v) is 3.29. The summed E-state index contributed by atoms with van der Waals surface area (Å²) < 4.78 is 1.84. The highest BCUT2D eigenvalue weighted by molar-refractivity contribution is 6.18. The number of halogens is 1. The predicted molar refractivity (Wildman–Crippen MR) is 57.6 cm³/mol. The van der Waals surface area contributed by atoms with Crippen molar-refractivity contribution < 1.29 is 0 Å². The molecule has 0 bridgehead atoms. The molecule has 78 valence electrons. The summed E-state index contributed by atoms with van der Waals surface area (Å²) in [6.45, 7) is 0.998. The Hall–Kier alpha value is -0.540. The minimum atomic E-state index is 0.268. The number of hydrogen-bond acceptors (Lipinski definition) is 2. The fourth-order valence-electron chi connectivity index (χ4n) is 1.58. The van der Waals surface area contributed by atoms with E-state index in [1.54, 1.807) is 0 Å². The van der Waals surface area contributed by atoms with Crippen molar-refractivity contribution >= 4 is 11.6 Å². The monoisotopic (exact) mass is 213 g/mol. The van der Waals surface area contributed by atoms with E-state index in [1.807, 2.05) is 17.9 Å². The maximum absolute atomic E-state index is 5.86. The van der Waals surface area contributed by atoms with E-state index in [4.69, 9.17) is 11.6 Å². The van der Waals surface area contributed by atoms with Crippen molar-refractivity contribution in [2.45, 2.75) is 24.8 Å². The van der Waals surface area contributed by atoms with E-state index in [1.165, 1.54) is 18.4 Å². The highest BCUT2D eigenvalue weighted by atomic mass is 35.5. The second-order valence-corrected chi connectivity index (χ2v) is 4.38. The Bertz CT molecular complexity index is 304. The van der Waals surface area contributed by atoms with Gasteiger partial charge in [0.1, 0.15) is 0 Å². The number of nitrogens with one attached hydrogen (secondary N) is 1. The lowest BCUT2D eigenvalue weighted by Crippen LogP contribution is -2.34. The van der Waals surface area contributed by atoms with E-state index in [-0.39, 0.29) is 5.54 Å². The summed E-state index contributed by atoms with van der Waals surface area (Å²) in [6, 6.07) is 0. The maximum atomic E-state index is 5.86. The highest BCUT2D eigenvalue weighted by Crippen LogP contribution is 2.36. The molecule has 1 heterocycles. The molecule has 1 saturated carbocycles. The van der Waals surface area contributed by atoms with Crippen molar-refractivity contribution in [3.8, 4) is 0 Å². The summed E-state index contributed by atoms with van der Waals surface area (Å²) in [5.74, 6) is 0.736. The van der Waals surface area contributed by atoms with Gasteiger partial charge in [0, 0.05) is 24.7 Å². The number of rotatable bonds is 5. The predicted octanol–water partition coefficient (Wildman–Crippen LogP) is 1.32. The molecule has 1 aromatic heterocycles. The van der Waals surface area contributed by atoms with Crippen LogP contribution in [0.5, 0.6) is 0 Å². The maximum Gasteiger partial charge on any atom is 0.0522 e. The molecular weight excluding hydrogens is 198 g/mol. The van der Waals surface area contributed by atoms with Gasteiger partial charge >= 0.3 is 0 Å². The molecule has 0 aromatic carbocycles. The zero-order valence-corrected chi connectivity index (χ0v) is 9.22. The van der Waals surface area contributed by atoms with Gasteiger partial charge in [-0.25, -0.2) is 0 Å². The molecule has 0 aliphatic heterocycles. The van der Waals surface area contributed by atoms with Crippen LogP contribution in [0.3, 0.4) is 0 Å². The lowest BCUT2D eigenvalue weighted by molar-refractivity contribution is 0.546. The second kappa shape index (κ2) is 3.91. The van der Waals surface area contributed by atoms with Gasteiger partial charge in [-0.05, 0) is 31.4 Å². The molecule has 0 saturated heterocycles. The van der Waals surface area contributed by atoms with E-state index in [2.05, 4.69) is 16.6 Å². The van der Waals surface area contributed by atoms with Gasteiger partial charge in [-0.15, -0.1) is 11.6 Å². The van der Waals surface area contributed by atoms with E-state index in [0.29, 0.717) is 0 Å². The Morgan fingerprint density at radius 2 is 2.43 bits per heavy atom. The Kier molecular flexibility index (Phi) is 2.79. The Labute approximate surface area is 89.4 Å². The Morgan fingerprint density at radius 1 is 1.64 bits per heavy atom. The van der Waals surface area contributed by atoms with Gasteiger partial charge in [-0.1, -0.05) is 0 Å². The van der Waals surface area contributed by atoms with Crippen molar-refractivity contribution in [1.29, 1.82) is 0 Å². The molecule has 1 N–H and O–H groups in total. The lowest BCUT2D eigenvalue weighted by atomic mass is 10.2. The SMILES string of the molecule is Cn1cc(CCNC2(CCl)CC2)cn1. The van der Waals surface area contributed by atoms with Crippen molar-refractivity contribution in [2.24, 2.45) is 7.05 Å². The summed E-state index contributed by atoms with van der Waals surface area (Å²) >= 11 is 5.86. The van der Waals surface area contributed by atoms with Gasteiger partial charge in [0.25, 0.3) is 0 Å². The topological polar surface area (TPSA) is 29.9 Å². The minimum absolute atomic E-state index is 0.268. The molecule has 14 heavy (non-hydrogen) atoms. The van der Waals surface area contributed by atoms with Gasteiger partial charge < -0.3 is 5.32 Å². The average molecular weight is 214 g/mol. The zero-order valence-electron chi connectivity index (χ0n) is 8.46. The molecule has 1 aliphatic rings. The summed E-state index contributed by atoms with van der Waals surface area (Å²) in [6.07, 6.45) is 7.46. The standard InChI is InChI=1S/C10H16ClN3/c1-14-7-9(6-13-14)2-5-12-10(8-11)3-4-10/h6-7,12H,2-5,8H2,1H3. The second-order valence-electron chi connectivity index (χ2n) is 4.11. The minimum Gasteiger partial charge on any atom is -0.310 e. The van der Waals surface area contributed by atoms with Crippen LogP contribution < -0.4 is 5.32 Å². The smallest absolute Gasteiger partial charge is 0.0522 e. The number of hydrogen-bond donors (Lipinski definition) is 1. The summed E-state index contributed by atoms with van der Waals surface area (Å²) in [5.41, 5.74) is 1.55. The molecule has 0 radical (unpaired) electrons. The largest absolute Gasteiger partial charge is 0.310 e. The summed E-state index contributed by atoms with van der Waals surface area (Å²) in [5, 5.41) is 7.64. The van der Waals surface area contributed by atoms with E-state index < -0.39 is 0 Å². The van der Waals surface area contributed by atoms with Crippen LogP contribution in [0, 0.1) is 0 Å². The van der Waals surface area contributed by atoms with Crippen LogP contribution >= 0.6 is 11.6 Å². The summed E-state index contributed by atoms with van der Waals surface area (Å²) in [4.78, 5) is 0. The molecule has 1 aromatic rings. The van der Waals surface area contributed by atoms with E-state index in [9.17, 15) is 0 Å². The zero-order chi connectivity index (χ0) is 10.0. The third-order valence-electron chi connectivity index (χ3n) is 2.78. The highest BCUT2D eigenvalue weighted by Gasteiger charge is 2.40. The third kappa shape index (κ3) is 2.28. The van der Waals surface area contributed by atoms with Crippen molar-refractivity contribution in [3.05, 3.63) is 18.0 Å². The number of aryl methyl sites for hydroxylation is 1. The first-order valence-electron chi connectivity index (χ1n) is 5.03. The van der Waals surface area contributed by atoms with Gasteiger partial charge in [-0.3, -0.25) is 4.68 Å². The Balaban J connectivity index is 1.73. The Morgan fingerprint density at radius 3 is 2.93 bits per heavy atom. The van der Waals surface area contributed by atoms with Crippen molar-refractivity contribution in [3.63, 3.8) is 0 Å². The van der Waals surface area contributed by atoms with Crippen LogP contribution in [0.15, 0.2) is 12.4 Å². The molecule has 3 nitrogen and oxygen atoms in total. The van der Waals surface area contributed by atoms with Crippen LogP contribution in [0.25, 0.3) is 0 Å². The van der Waals surface area contributed by atoms with Crippen molar-refractivity contribution in [2.75, 3.05) is 12.4 Å². The molecule has 0 spiro atoms. The van der Waals surface area contributed by atoms with Crippen molar-refractivity contribution in [1.82, 2.24) is 15.1 Å². The van der Waals surface area contributed by atoms with Gasteiger partial charge in [0.05, 0.1) is 6.20 Å². The lowest BCUT2D eigenvalue weighted by Gasteiger charge is -2.12. The molecular formula is C10H16ClN3. The first-order chi connectivity index (χ1) is 6.74. The van der Waals surface area contributed by atoms with Crippen LogP contribution in [-0.2, 0) is 13.5 Å². The first-order valence-corrected chi connectivity index (χ1v) is 5.56. The number of aromatic nitrogens is 2. The van der Waals surface area contributed by atoms with Crippen LogP contribution in [0.2, 0.25) is 0 Å². The molecule has 4 heteroatoms. The molecule has 0 amide bonds. The molecule has 1 aliphatic carbocycles. The van der Waals surface area contributed by atoms with E-state index in [0.717, 1.165) is 18.8 Å². The quantitative estimate of drug-likeness (QED) is 0.748. The fraction of sp³-hybridized carbons (Fsp3) is 0.700. The average Bonchev–Trinajstić information content (AvgIpc) is 2.84. The number of nitrogens with zero attached hydrogens (tertiary/aromatic N) is 2. The summed E-state index contributed by atoms with van der Waals surface area (Å²) in [7, 11) is 1.94. The molecule has 0 atom stereocenters.